The zero-order valence-electron chi connectivity index (χ0n) is 18.9. The lowest BCUT2D eigenvalue weighted by Crippen LogP contribution is -2.35. The summed E-state index contributed by atoms with van der Waals surface area (Å²) in [5.41, 5.74) is 3.73. The minimum absolute atomic E-state index is 0.0145. The van der Waals surface area contributed by atoms with Gasteiger partial charge in [-0.1, -0.05) is 61.0 Å². The fourth-order valence-corrected chi connectivity index (χ4v) is 4.21. The maximum Gasteiger partial charge on any atom is 0.256 e. The average molecular weight is 430 g/mol. The molecule has 1 aliphatic heterocycles. The van der Waals surface area contributed by atoms with Crippen molar-refractivity contribution in [2.75, 3.05) is 31.5 Å². The first-order chi connectivity index (χ1) is 15.5. The van der Waals surface area contributed by atoms with Crippen LogP contribution in [0.5, 0.6) is 0 Å². The van der Waals surface area contributed by atoms with Gasteiger partial charge in [0.25, 0.3) is 5.91 Å². The Labute approximate surface area is 190 Å². The molecule has 32 heavy (non-hydrogen) atoms. The van der Waals surface area contributed by atoms with Crippen molar-refractivity contribution in [3.05, 3.63) is 77.4 Å². The van der Waals surface area contributed by atoms with E-state index in [-0.39, 0.29) is 11.8 Å². The molecule has 0 aromatic heterocycles. The van der Waals surface area contributed by atoms with Gasteiger partial charge in [-0.3, -0.25) is 14.5 Å². The van der Waals surface area contributed by atoms with Crippen molar-refractivity contribution >= 4 is 28.3 Å². The smallest absolute Gasteiger partial charge is 0.256 e. The second-order valence-corrected chi connectivity index (χ2v) is 8.55. The molecule has 1 heterocycles. The van der Waals surface area contributed by atoms with Gasteiger partial charge >= 0.3 is 0 Å². The summed E-state index contributed by atoms with van der Waals surface area (Å²) >= 11 is 0. The lowest BCUT2D eigenvalue weighted by molar-refractivity contribution is -0.115. The van der Waals surface area contributed by atoms with E-state index in [4.69, 9.17) is 0 Å². The van der Waals surface area contributed by atoms with Crippen molar-refractivity contribution in [1.82, 2.24) is 9.80 Å². The van der Waals surface area contributed by atoms with Crippen LogP contribution in [0, 0.1) is 6.92 Å². The quantitative estimate of drug-likeness (QED) is 0.631. The highest BCUT2D eigenvalue weighted by Crippen LogP contribution is 2.26. The molecule has 1 saturated heterocycles. The van der Waals surface area contributed by atoms with Crippen molar-refractivity contribution in [3.8, 4) is 0 Å². The van der Waals surface area contributed by atoms with Crippen LogP contribution in [0.3, 0.4) is 0 Å². The zero-order chi connectivity index (χ0) is 22.5. The van der Waals surface area contributed by atoms with E-state index in [0.29, 0.717) is 24.2 Å². The first-order valence-electron chi connectivity index (χ1n) is 11.4. The number of hydrogen-bond acceptors (Lipinski definition) is 3. The number of nitrogens with one attached hydrogen (secondary N) is 1. The third-order valence-corrected chi connectivity index (χ3v) is 6.11. The van der Waals surface area contributed by atoms with Crippen LogP contribution in [0.25, 0.3) is 10.8 Å². The Balaban J connectivity index is 1.52. The summed E-state index contributed by atoms with van der Waals surface area (Å²) in [5, 5.41) is 4.95. The van der Waals surface area contributed by atoms with Crippen molar-refractivity contribution in [3.63, 3.8) is 0 Å². The summed E-state index contributed by atoms with van der Waals surface area (Å²) in [7, 11) is 0. The molecular formula is C27H31N3O2. The Bertz CT molecular complexity index is 1110. The lowest BCUT2D eigenvalue weighted by Gasteiger charge is -2.23. The van der Waals surface area contributed by atoms with Gasteiger partial charge in [0.05, 0.1) is 11.3 Å². The number of nitrogens with zero attached hydrogens (tertiary/aromatic N) is 2. The van der Waals surface area contributed by atoms with Crippen molar-refractivity contribution in [1.29, 1.82) is 0 Å². The van der Waals surface area contributed by atoms with Crippen molar-refractivity contribution in [2.24, 2.45) is 0 Å². The molecule has 1 aliphatic rings. The molecule has 1 N–H and O–H groups in total. The summed E-state index contributed by atoms with van der Waals surface area (Å²) in [6, 6.07) is 20.4. The first-order valence-corrected chi connectivity index (χ1v) is 11.4. The Hall–Kier alpha value is -3.18. The topological polar surface area (TPSA) is 52.7 Å². The number of anilines is 1. The second-order valence-electron chi connectivity index (χ2n) is 8.55. The molecule has 3 aromatic carbocycles. The second kappa shape index (κ2) is 9.96. The molecule has 0 aliphatic carbocycles. The van der Waals surface area contributed by atoms with Crippen LogP contribution in [0.4, 0.5) is 5.69 Å². The highest BCUT2D eigenvalue weighted by atomic mass is 16.2. The van der Waals surface area contributed by atoms with Crippen molar-refractivity contribution < 1.29 is 9.59 Å². The molecule has 166 valence electrons. The molecule has 0 spiro atoms. The summed E-state index contributed by atoms with van der Waals surface area (Å²) in [6.07, 6.45) is 1.31. The van der Waals surface area contributed by atoms with E-state index in [1.165, 1.54) is 11.1 Å². The Morgan fingerprint density at radius 3 is 2.34 bits per heavy atom. The number of rotatable bonds is 5. The third-order valence-electron chi connectivity index (χ3n) is 6.11. The van der Waals surface area contributed by atoms with Gasteiger partial charge in [0, 0.05) is 39.1 Å². The van der Waals surface area contributed by atoms with Crippen LogP contribution in [0.15, 0.2) is 60.7 Å². The van der Waals surface area contributed by atoms with Crippen LogP contribution in [0.1, 0.15) is 41.3 Å². The van der Waals surface area contributed by atoms with Gasteiger partial charge in [0.1, 0.15) is 0 Å². The summed E-state index contributed by atoms with van der Waals surface area (Å²) in [5.74, 6) is -0.103. The maximum atomic E-state index is 13.5. The summed E-state index contributed by atoms with van der Waals surface area (Å²) < 4.78 is 0. The predicted octanol–water partition coefficient (Wildman–Crippen LogP) is 4.84. The first kappa shape index (κ1) is 22.0. The SMILES string of the molecule is CCC(=O)Nc1cc2ccccc2cc1C(=O)N1CCCN(Cc2ccc(C)cc2)CC1. The van der Waals surface area contributed by atoms with Gasteiger partial charge in [-0.05, 0) is 41.8 Å². The molecule has 0 radical (unpaired) electrons. The molecule has 3 aromatic rings. The van der Waals surface area contributed by atoms with Crippen LogP contribution >= 0.6 is 0 Å². The van der Waals surface area contributed by atoms with Crippen LogP contribution < -0.4 is 5.32 Å². The third kappa shape index (κ3) is 5.17. The molecule has 0 bridgehead atoms. The van der Waals surface area contributed by atoms with Crippen molar-refractivity contribution in [2.45, 2.75) is 33.2 Å². The molecule has 2 amide bonds. The highest BCUT2D eigenvalue weighted by Gasteiger charge is 2.23. The van der Waals surface area contributed by atoms with Gasteiger partial charge in [-0.15, -0.1) is 0 Å². The number of aryl methyl sites for hydroxylation is 1. The summed E-state index contributed by atoms with van der Waals surface area (Å²) in [4.78, 5) is 30.0. The molecular weight excluding hydrogens is 398 g/mol. The van der Waals surface area contributed by atoms with Crippen LogP contribution in [0.2, 0.25) is 0 Å². The van der Waals surface area contributed by atoms with Gasteiger partial charge in [0.15, 0.2) is 0 Å². The number of carbonyl (C=O) groups is 2. The monoisotopic (exact) mass is 429 g/mol. The number of amides is 2. The molecule has 0 atom stereocenters. The number of hydrogen-bond donors (Lipinski definition) is 1. The van der Waals surface area contributed by atoms with E-state index < -0.39 is 0 Å². The maximum absolute atomic E-state index is 13.5. The molecule has 0 unspecified atom stereocenters. The Morgan fingerprint density at radius 2 is 1.62 bits per heavy atom. The normalized spacial score (nSPS) is 14.9. The fourth-order valence-electron chi connectivity index (χ4n) is 4.21. The molecule has 5 nitrogen and oxygen atoms in total. The van der Waals surface area contributed by atoms with Crippen LogP contribution in [-0.4, -0.2) is 47.8 Å². The standard InChI is InChI=1S/C27H31N3O2/c1-3-26(31)28-25-18-23-8-5-4-7-22(23)17-24(25)27(32)30-14-6-13-29(15-16-30)19-21-11-9-20(2)10-12-21/h4-5,7-12,17-18H,3,6,13-16,19H2,1-2H3,(H,28,31). The molecule has 1 fully saturated rings. The molecule has 4 rings (SSSR count). The Morgan fingerprint density at radius 1 is 0.906 bits per heavy atom. The predicted molar refractivity (Wildman–Crippen MR) is 130 cm³/mol. The van der Waals surface area contributed by atoms with Gasteiger partial charge in [-0.2, -0.15) is 0 Å². The van der Waals surface area contributed by atoms with E-state index >= 15 is 0 Å². The highest BCUT2D eigenvalue weighted by molar-refractivity contribution is 6.07. The fraction of sp³-hybridized carbons (Fsp3) is 0.333. The largest absolute Gasteiger partial charge is 0.337 e. The molecule has 0 saturated carbocycles. The van der Waals surface area contributed by atoms with Crippen LogP contribution in [-0.2, 0) is 11.3 Å². The minimum atomic E-state index is -0.0885. The van der Waals surface area contributed by atoms with E-state index in [1.54, 1.807) is 0 Å². The zero-order valence-corrected chi connectivity index (χ0v) is 18.9. The molecule has 5 heteroatoms. The number of carbonyl (C=O) groups excluding carboxylic acids is 2. The number of benzene rings is 3. The van der Waals surface area contributed by atoms with E-state index in [9.17, 15) is 9.59 Å². The van der Waals surface area contributed by atoms with Gasteiger partial charge in [0.2, 0.25) is 5.91 Å². The average Bonchev–Trinajstić information content (AvgIpc) is 3.05. The summed E-state index contributed by atoms with van der Waals surface area (Å²) in [6.45, 7) is 8.02. The number of fused-ring (bicyclic) bond motifs is 1. The van der Waals surface area contributed by atoms with E-state index in [1.807, 2.05) is 48.2 Å². The van der Waals surface area contributed by atoms with E-state index in [2.05, 4.69) is 41.4 Å². The lowest BCUT2D eigenvalue weighted by atomic mass is 10.0. The van der Waals surface area contributed by atoms with Gasteiger partial charge in [-0.25, -0.2) is 0 Å². The minimum Gasteiger partial charge on any atom is -0.337 e. The van der Waals surface area contributed by atoms with E-state index in [0.717, 1.165) is 43.4 Å². The van der Waals surface area contributed by atoms with Gasteiger partial charge < -0.3 is 10.2 Å². The Kier molecular flexibility index (Phi) is 6.86.